The molecule has 92 valence electrons. The molecule has 0 aliphatic heterocycles. The van der Waals surface area contributed by atoms with Crippen molar-refractivity contribution in [2.75, 3.05) is 0 Å². The maximum Gasteiger partial charge on any atom is 0.387 e. The molecule has 0 spiro atoms. The first kappa shape index (κ1) is 13.7. The van der Waals surface area contributed by atoms with Crippen LogP contribution in [0.15, 0.2) is 12.1 Å². The standard InChI is InChI=1S/C9H6F2INO4/c1-4(14)5-2-6(13(15)16)8(12)7(3-5)17-9(10)11/h2-3,9H,1H3. The van der Waals surface area contributed by atoms with Gasteiger partial charge in [0, 0.05) is 11.6 Å². The summed E-state index contributed by atoms with van der Waals surface area (Å²) in [5.41, 5.74) is -0.485. The van der Waals surface area contributed by atoms with E-state index in [4.69, 9.17) is 0 Å². The minimum atomic E-state index is -3.11. The molecule has 0 radical (unpaired) electrons. The van der Waals surface area contributed by atoms with Crippen LogP contribution < -0.4 is 4.74 Å². The van der Waals surface area contributed by atoms with Crippen LogP contribution >= 0.6 is 22.6 Å². The van der Waals surface area contributed by atoms with Crippen molar-refractivity contribution >= 4 is 34.1 Å². The highest BCUT2D eigenvalue weighted by Gasteiger charge is 2.21. The van der Waals surface area contributed by atoms with E-state index < -0.39 is 23.0 Å². The highest BCUT2D eigenvalue weighted by atomic mass is 127. The van der Waals surface area contributed by atoms with Crippen molar-refractivity contribution in [3.8, 4) is 5.75 Å². The number of carbonyl (C=O) groups is 1. The zero-order valence-corrected chi connectivity index (χ0v) is 10.6. The molecule has 0 bridgehead atoms. The Bertz CT molecular complexity index is 478. The molecule has 17 heavy (non-hydrogen) atoms. The number of carbonyl (C=O) groups excluding carboxylic acids is 1. The van der Waals surface area contributed by atoms with Gasteiger partial charge in [0.15, 0.2) is 5.78 Å². The van der Waals surface area contributed by atoms with E-state index in [1.54, 1.807) is 0 Å². The van der Waals surface area contributed by atoms with Crippen LogP contribution in [-0.2, 0) is 0 Å². The number of ether oxygens (including phenoxy) is 1. The minimum Gasteiger partial charge on any atom is -0.433 e. The predicted octanol–water partition coefficient (Wildman–Crippen LogP) is 3.00. The Hall–Kier alpha value is -1.32. The van der Waals surface area contributed by atoms with Gasteiger partial charge >= 0.3 is 6.61 Å². The zero-order chi connectivity index (χ0) is 13.2. The van der Waals surface area contributed by atoms with Crippen LogP contribution in [0.3, 0.4) is 0 Å². The lowest BCUT2D eigenvalue weighted by Gasteiger charge is -2.08. The lowest BCUT2D eigenvalue weighted by atomic mass is 10.1. The summed E-state index contributed by atoms with van der Waals surface area (Å²) in [6.45, 7) is -1.93. The second-order valence-corrected chi connectivity index (χ2v) is 4.08. The molecule has 0 aliphatic carbocycles. The second-order valence-electron chi connectivity index (χ2n) is 3.00. The van der Waals surface area contributed by atoms with Crippen molar-refractivity contribution in [2.24, 2.45) is 0 Å². The van der Waals surface area contributed by atoms with Gasteiger partial charge in [0.2, 0.25) is 0 Å². The SMILES string of the molecule is CC(=O)c1cc(OC(F)F)c(I)c([N+](=O)[O-])c1. The van der Waals surface area contributed by atoms with Crippen molar-refractivity contribution in [3.05, 3.63) is 31.4 Å². The van der Waals surface area contributed by atoms with Gasteiger partial charge in [-0.25, -0.2) is 0 Å². The number of rotatable bonds is 4. The van der Waals surface area contributed by atoms with Crippen molar-refractivity contribution in [1.29, 1.82) is 0 Å². The molecule has 0 unspecified atom stereocenters. The third-order valence-electron chi connectivity index (χ3n) is 1.84. The average Bonchev–Trinajstić information content (AvgIpc) is 2.19. The van der Waals surface area contributed by atoms with Crippen LogP contribution in [0.25, 0.3) is 0 Å². The van der Waals surface area contributed by atoms with Crippen LogP contribution in [0.1, 0.15) is 17.3 Å². The summed E-state index contributed by atoms with van der Waals surface area (Å²) in [6, 6.07) is 2.09. The molecule has 8 heteroatoms. The topological polar surface area (TPSA) is 69.4 Å². The van der Waals surface area contributed by atoms with Crippen molar-refractivity contribution in [3.63, 3.8) is 0 Å². The van der Waals surface area contributed by atoms with Gasteiger partial charge in [-0.15, -0.1) is 0 Å². The van der Waals surface area contributed by atoms with E-state index in [2.05, 4.69) is 4.74 Å². The largest absolute Gasteiger partial charge is 0.433 e. The molecular formula is C9H6F2INO4. The first-order valence-corrected chi connectivity index (χ1v) is 5.34. The number of ketones is 1. The Morgan fingerprint density at radius 3 is 2.53 bits per heavy atom. The molecule has 0 saturated carbocycles. The molecule has 0 N–H and O–H groups in total. The van der Waals surface area contributed by atoms with Crippen LogP contribution in [0.2, 0.25) is 0 Å². The molecule has 1 aromatic carbocycles. The molecule has 1 rings (SSSR count). The van der Waals surface area contributed by atoms with Crippen molar-refractivity contribution < 1.29 is 23.2 Å². The van der Waals surface area contributed by atoms with Crippen LogP contribution in [-0.4, -0.2) is 17.3 Å². The highest BCUT2D eigenvalue weighted by molar-refractivity contribution is 14.1. The molecule has 0 amide bonds. The third kappa shape index (κ3) is 3.32. The molecule has 0 aromatic heterocycles. The number of nitro benzene ring substituents is 1. The number of halogens is 3. The van der Waals surface area contributed by atoms with Gasteiger partial charge < -0.3 is 4.74 Å². The Kier molecular flexibility index (Phi) is 4.32. The maximum atomic E-state index is 12.1. The number of hydrogen-bond acceptors (Lipinski definition) is 4. The summed E-state index contributed by atoms with van der Waals surface area (Å²) in [6.07, 6.45) is 0. The minimum absolute atomic E-state index is 0.0484. The van der Waals surface area contributed by atoms with Crippen molar-refractivity contribution in [2.45, 2.75) is 13.5 Å². The van der Waals surface area contributed by atoms with E-state index in [1.807, 2.05) is 0 Å². The van der Waals surface area contributed by atoms with Crippen LogP contribution in [0.4, 0.5) is 14.5 Å². The van der Waals surface area contributed by atoms with E-state index in [1.165, 1.54) is 29.5 Å². The third-order valence-corrected chi connectivity index (χ3v) is 2.92. The molecule has 0 heterocycles. The molecule has 0 atom stereocenters. The van der Waals surface area contributed by atoms with E-state index >= 15 is 0 Å². The summed E-state index contributed by atoms with van der Waals surface area (Å²) in [4.78, 5) is 21.0. The smallest absolute Gasteiger partial charge is 0.387 e. The molecule has 1 aromatic rings. The fourth-order valence-electron chi connectivity index (χ4n) is 1.10. The van der Waals surface area contributed by atoms with Gasteiger partial charge in [-0.1, -0.05) is 0 Å². The molecule has 0 aliphatic rings. The zero-order valence-electron chi connectivity index (χ0n) is 8.45. The number of alkyl halides is 2. The fraction of sp³-hybridized carbons (Fsp3) is 0.222. The molecule has 0 fully saturated rings. The quantitative estimate of drug-likeness (QED) is 0.360. The van der Waals surface area contributed by atoms with E-state index in [0.717, 1.165) is 12.1 Å². The first-order valence-electron chi connectivity index (χ1n) is 4.26. The molecule has 5 nitrogen and oxygen atoms in total. The van der Waals surface area contributed by atoms with Crippen LogP contribution in [0, 0.1) is 13.7 Å². The maximum absolute atomic E-state index is 12.1. The van der Waals surface area contributed by atoms with E-state index in [0.29, 0.717) is 0 Å². The number of hydrogen-bond donors (Lipinski definition) is 0. The molecule has 0 saturated heterocycles. The van der Waals surface area contributed by atoms with Gasteiger partial charge in [-0.2, -0.15) is 8.78 Å². The monoisotopic (exact) mass is 357 g/mol. The van der Waals surface area contributed by atoms with E-state index in [9.17, 15) is 23.7 Å². The van der Waals surface area contributed by atoms with Gasteiger partial charge in [0.05, 0.1) is 4.92 Å². The van der Waals surface area contributed by atoms with Crippen LogP contribution in [0.5, 0.6) is 5.75 Å². The summed E-state index contributed by atoms with van der Waals surface area (Å²) < 4.78 is 28.2. The van der Waals surface area contributed by atoms with Gasteiger partial charge in [0.1, 0.15) is 9.32 Å². The van der Waals surface area contributed by atoms with Gasteiger partial charge in [-0.05, 0) is 35.6 Å². The van der Waals surface area contributed by atoms with E-state index in [-0.39, 0.29) is 14.9 Å². The fourth-order valence-corrected chi connectivity index (χ4v) is 1.74. The average molecular weight is 357 g/mol. The summed E-state index contributed by atoms with van der Waals surface area (Å²) in [5, 5.41) is 10.7. The number of Topliss-reactive ketones (excluding diaryl/α,β-unsaturated/α-hetero) is 1. The van der Waals surface area contributed by atoms with Crippen molar-refractivity contribution in [1.82, 2.24) is 0 Å². The lowest BCUT2D eigenvalue weighted by Crippen LogP contribution is -2.06. The summed E-state index contributed by atoms with van der Waals surface area (Å²) in [5.74, 6) is -0.844. The predicted molar refractivity (Wildman–Crippen MR) is 62.4 cm³/mol. The molecular weight excluding hydrogens is 351 g/mol. The number of benzene rings is 1. The van der Waals surface area contributed by atoms with Gasteiger partial charge in [0.25, 0.3) is 5.69 Å². The Morgan fingerprint density at radius 1 is 1.53 bits per heavy atom. The second kappa shape index (κ2) is 5.34. The summed E-state index contributed by atoms with van der Waals surface area (Å²) >= 11 is 1.52. The lowest BCUT2D eigenvalue weighted by molar-refractivity contribution is -0.385. The Balaban J connectivity index is 3.37. The summed E-state index contributed by atoms with van der Waals surface area (Å²) in [7, 11) is 0. The normalized spacial score (nSPS) is 10.4. The highest BCUT2D eigenvalue weighted by Crippen LogP contribution is 2.32. The number of nitrogens with zero attached hydrogens (tertiary/aromatic N) is 1. The number of nitro groups is 1. The Labute approximate surface area is 108 Å². The Morgan fingerprint density at radius 2 is 2.12 bits per heavy atom. The van der Waals surface area contributed by atoms with Gasteiger partial charge in [-0.3, -0.25) is 14.9 Å². The first-order chi connectivity index (χ1) is 7.82.